The lowest BCUT2D eigenvalue weighted by Crippen LogP contribution is -2.18. The van der Waals surface area contributed by atoms with Crippen molar-refractivity contribution in [1.29, 1.82) is 0 Å². The molecule has 0 unspecified atom stereocenters. The summed E-state index contributed by atoms with van der Waals surface area (Å²) in [4.78, 5) is 22.8. The van der Waals surface area contributed by atoms with Gasteiger partial charge in [-0.3, -0.25) is 14.5 Å². The van der Waals surface area contributed by atoms with E-state index in [0.29, 0.717) is 51.9 Å². The first kappa shape index (κ1) is 27.7. The van der Waals surface area contributed by atoms with Crippen LogP contribution >= 0.6 is 0 Å². The maximum atomic E-state index is 14.7. The predicted octanol–water partition coefficient (Wildman–Crippen LogP) is 6.13. The van der Waals surface area contributed by atoms with Crippen molar-refractivity contribution in [3.8, 4) is 34.0 Å². The fraction of sp³-hybridized carbons (Fsp3) is 0.156. The standard InChI is InChI=1S/C32H25F2N5O4S/c1-3-44(41,42)38-24-15-28-21(29(32(40)35-2)31(43-28)17-7-9-18(33)10-8-17)13-20(24)25-16-36-23-11-12-39-26-6-4-5-22(34)19(26)14-27(39)30(23)37-25/h4-10,13-16,38H,3,11-12H2,1-2H3,(H,35,40). The van der Waals surface area contributed by atoms with Crippen molar-refractivity contribution in [2.45, 2.75) is 19.9 Å². The molecule has 1 aliphatic heterocycles. The molecule has 0 fully saturated rings. The normalized spacial score (nSPS) is 12.7. The van der Waals surface area contributed by atoms with Gasteiger partial charge in [0.25, 0.3) is 5.91 Å². The summed E-state index contributed by atoms with van der Waals surface area (Å²) in [6.45, 7) is 2.12. The summed E-state index contributed by atoms with van der Waals surface area (Å²) in [6, 6.07) is 15.3. The van der Waals surface area contributed by atoms with Gasteiger partial charge in [-0.25, -0.2) is 22.2 Å². The van der Waals surface area contributed by atoms with Crippen molar-refractivity contribution < 1.29 is 26.4 Å². The third-order valence-corrected chi connectivity index (χ3v) is 9.16. The highest BCUT2D eigenvalue weighted by Gasteiger charge is 2.27. The largest absolute Gasteiger partial charge is 0.455 e. The molecular weight excluding hydrogens is 588 g/mol. The predicted molar refractivity (Wildman–Crippen MR) is 164 cm³/mol. The molecule has 0 spiro atoms. The van der Waals surface area contributed by atoms with Crippen LogP contribution in [-0.4, -0.2) is 41.7 Å². The molecule has 0 aliphatic carbocycles. The molecule has 0 atom stereocenters. The van der Waals surface area contributed by atoms with Crippen molar-refractivity contribution in [3.63, 3.8) is 0 Å². The Morgan fingerprint density at radius 2 is 1.86 bits per heavy atom. The summed E-state index contributed by atoms with van der Waals surface area (Å²) >= 11 is 0. The number of carbonyl (C=O) groups is 1. The van der Waals surface area contributed by atoms with Crippen LogP contribution in [0.4, 0.5) is 14.5 Å². The summed E-state index contributed by atoms with van der Waals surface area (Å²) in [7, 11) is -2.26. The van der Waals surface area contributed by atoms with Crippen LogP contribution in [0, 0.1) is 11.6 Å². The number of halogens is 2. The molecule has 222 valence electrons. The summed E-state index contributed by atoms with van der Waals surface area (Å²) in [6.07, 6.45) is 2.14. The number of carbonyl (C=O) groups excluding carboxylic acids is 1. The number of aryl methyl sites for hydroxylation is 2. The Morgan fingerprint density at radius 1 is 1.07 bits per heavy atom. The second kappa shape index (κ2) is 10.3. The topological polar surface area (TPSA) is 119 Å². The van der Waals surface area contributed by atoms with E-state index in [-0.39, 0.29) is 34.2 Å². The Labute approximate surface area is 250 Å². The Bertz CT molecular complexity index is 2240. The molecular formula is C32H25F2N5O4S. The fourth-order valence-electron chi connectivity index (χ4n) is 5.67. The van der Waals surface area contributed by atoms with Gasteiger partial charge in [0.1, 0.15) is 28.7 Å². The number of furan rings is 1. The van der Waals surface area contributed by atoms with E-state index < -0.39 is 21.7 Å². The van der Waals surface area contributed by atoms with Crippen molar-refractivity contribution in [2.24, 2.45) is 0 Å². The Kier molecular flexibility index (Phi) is 6.47. The molecule has 3 aromatic carbocycles. The highest BCUT2D eigenvalue weighted by molar-refractivity contribution is 7.92. The van der Waals surface area contributed by atoms with Gasteiger partial charge in [0.2, 0.25) is 10.0 Å². The molecule has 6 aromatic rings. The van der Waals surface area contributed by atoms with Crippen LogP contribution in [0.15, 0.2) is 71.3 Å². The monoisotopic (exact) mass is 613 g/mol. The van der Waals surface area contributed by atoms with E-state index in [9.17, 15) is 22.0 Å². The average Bonchev–Trinajstić information content (AvgIpc) is 3.60. The minimum atomic E-state index is -3.75. The van der Waals surface area contributed by atoms with E-state index in [1.807, 2.05) is 10.6 Å². The van der Waals surface area contributed by atoms with E-state index in [1.54, 1.807) is 24.4 Å². The van der Waals surface area contributed by atoms with Crippen molar-refractivity contribution in [2.75, 3.05) is 17.5 Å². The third kappa shape index (κ3) is 4.49. The first-order chi connectivity index (χ1) is 21.2. The lowest BCUT2D eigenvalue weighted by molar-refractivity contribution is 0.0964. The van der Waals surface area contributed by atoms with Gasteiger partial charge in [0.15, 0.2) is 0 Å². The Morgan fingerprint density at radius 3 is 2.61 bits per heavy atom. The molecule has 4 heterocycles. The van der Waals surface area contributed by atoms with Crippen LogP contribution in [-0.2, 0) is 23.0 Å². The lowest BCUT2D eigenvalue weighted by atomic mass is 10.0. The Balaban J connectivity index is 1.47. The van der Waals surface area contributed by atoms with Crippen LogP contribution in [0.3, 0.4) is 0 Å². The second-order valence-corrected chi connectivity index (χ2v) is 12.5. The van der Waals surface area contributed by atoms with E-state index in [1.165, 1.54) is 50.4 Å². The van der Waals surface area contributed by atoms with Gasteiger partial charge >= 0.3 is 0 Å². The Hall–Kier alpha value is -5.10. The fourth-order valence-corrected chi connectivity index (χ4v) is 6.32. The zero-order valence-electron chi connectivity index (χ0n) is 23.6. The number of hydrogen-bond donors (Lipinski definition) is 2. The summed E-state index contributed by atoms with van der Waals surface area (Å²) in [5.41, 5.74) is 4.51. The molecule has 9 nitrogen and oxygen atoms in total. The van der Waals surface area contributed by atoms with Crippen LogP contribution in [0.5, 0.6) is 0 Å². The van der Waals surface area contributed by atoms with Crippen molar-refractivity contribution in [1.82, 2.24) is 19.9 Å². The van der Waals surface area contributed by atoms with Gasteiger partial charge < -0.3 is 14.3 Å². The second-order valence-electron chi connectivity index (χ2n) is 10.4. The zero-order chi connectivity index (χ0) is 30.7. The lowest BCUT2D eigenvalue weighted by Gasteiger charge is -2.20. The average molecular weight is 614 g/mol. The number of rotatable bonds is 6. The van der Waals surface area contributed by atoms with Crippen molar-refractivity contribution >= 4 is 43.5 Å². The van der Waals surface area contributed by atoms with Gasteiger partial charge in [-0.1, -0.05) is 6.07 Å². The van der Waals surface area contributed by atoms with Gasteiger partial charge in [0.05, 0.1) is 45.8 Å². The minimum absolute atomic E-state index is 0.180. The molecule has 1 aliphatic rings. The number of anilines is 1. The molecule has 2 N–H and O–H groups in total. The molecule has 3 aromatic heterocycles. The third-order valence-electron chi connectivity index (χ3n) is 7.87. The first-order valence-electron chi connectivity index (χ1n) is 13.9. The maximum absolute atomic E-state index is 14.7. The number of benzene rings is 3. The molecule has 0 bridgehead atoms. The van der Waals surface area contributed by atoms with E-state index in [0.717, 1.165) is 11.2 Å². The van der Waals surface area contributed by atoms with Crippen LogP contribution in [0.25, 0.3) is 55.8 Å². The number of nitrogens with zero attached hydrogens (tertiary/aromatic N) is 3. The summed E-state index contributed by atoms with van der Waals surface area (Å²) < 4.78 is 64.7. The quantitative estimate of drug-likeness (QED) is 0.233. The van der Waals surface area contributed by atoms with Crippen LogP contribution < -0.4 is 10.0 Å². The minimum Gasteiger partial charge on any atom is -0.455 e. The SMILES string of the molecule is CCS(=O)(=O)Nc1cc2oc(-c3ccc(F)cc3)c(C(=O)NC)c2cc1-c1cnc2c(n1)-c1cc3c(F)cccc3n1CC2. The summed E-state index contributed by atoms with van der Waals surface area (Å²) in [5, 5.41) is 3.50. The van der Waals surface area contributed by atoms with E-state index in [4.69, 9.17) is 9.40 Å². The van der Waals surface area contributed by atoms with E-state index in [2.05, 4.69) is 15.0 Å². The molecule has 7 rings (SSSR count). The summed E-state index contributed by atoms with van der Waals surface area (Å²) in [5.74, 6) is -1.22. The number of hydrogen-bond acceptors (Lipinski definition) is 6. The van der Waals surface area contributed by atoms with Crippen molar-refractivity contribution in [3.05, 3.63) is 89.8 Å². The van der Waals surface area contributed by atoms with Gasteiger partial charge in [-0.2, -0.15) is 0 Å². The molecule has 0 radical (unpaired) electrons. The highest BCUT2D eigenvalue weighted by Crippen LogP contribution is 2.41. The number of nitrogens with one attached hydrogen (secondary N) is 2. The smallest absolute Gasteiger partial charge is 0.255 e. The van der Waals surface area contributed by atoms with Gasteiger partial charge in [0, 0.05) is 48.0 Å². The van der Waals surface area contributed by atoms with Gasteiger partial charge in [-0.05, 0) is 55.5 Å². The molecule has 12 heteroatoms. The molecule has 0 saturated carbocycles. The van der Waals surface area contributed by atoms with E-state index >= 15 is 0 Å². The molecule has 44 heavy (non-hydrogen) atoms. The molecule has 0 saturated heterocycles. The molecule has 1 amide bonds. The number of fused-ring (bicyclic) bond motifs is 6. The van der Waals surface area contributed by atoms with Crippen LogP contribution in [0.2, 0.25) is 0 Å². The highest BCUT2D eigenvalue weighted by atomic mass is 32.2. The van der Waals surface area contributed by atoms with Crippen LogP contribution in [0.1, 0.15) is 23.0 Å². The zero-order valence-corrected chi connectivity index (χ0v) is 24.4. The number of sulfonamides is 1. The van der Waals surface area contributed by atoms with Gasteiger partial charge in [-0.15, -0.1) is 0 Å². The number of aromatic nitrogens is 3. The maximum Gasteiger partial charge on any atom is 0.255 e. The number of amides is 1. The first-order valence-corrected chi connectivity index (χ1v) is 15.6.